The van der Waals surface area contributed by atoms with E-state index in [9.17, 15) is 13.2 Å². The summed E-state index contributed by atoms with van der Waals surface area (Å²) >= 11 is 0. The number of carbonyl (C=O) groups is 1. The standard InChI is InChI=1S/C18H9N2O2S.C5H8O2.Ir/c21-23(22)19-17-14-8-4-3-7-13(14)16-12-6-2-1-5-11(12)9-10-15(16)18(17)20-23;1-4(6)3-5(2)7;/h1-7,9-10H;3,6H,1-2H3;/q-1;;/b;4-3-;. The van der Waals surface area contributed by atoms with Crippen molar-refractivity contribution in [2.24, 2.45) is 8.80 Å². The molecule has 0 fully saturated rings. The average molecular weight is 610 g/mol. The van der Waals surface area contributed by atoms with Gasteiger partial charge in [-0.3, -0.25) is 4.79 Å². The monoisotopic (exact) mass is 610 g/mol. The third kappa shape index (κ3) is 4.42. The average Bonchev–Trinajstić information content (AvgIpc) is 3.02. The van der Waals surface area contributed by atoms with E-state index >= 15 is 0 Å². The van der Waals surface area contributed by atoms with E-state index in [1.807, 2.05) is 48.5 Å². The zero-order valence-electron chi connectivity index (χ0n) is 16.6. The number of rotatable bonds is 1. The summed E-state index contributed by atoms with van der Waals surface area (Å²) in [7, 11) is -3.81. The smallest absolute Gasteiger partial charge is 0.354 e. The Bertz CT molecular complexity index is 1610. The van der Waals surface area contributed by atoms with Crippen LogP contribution in [0.3, 0.4) is 0 Å². The van der Waals surface area contributed by atoms with Crippen LogP contribution in [-0.4, -0.2) is 19.3 Å². The molecule has 31 heavy (non-hydrogen) atoms. The van der Waals surface area contributed by atoms with Gasteiger partial charge in [0.15, 0.2) is 5.78 Å². The molecule has 0 spiro atoms. The van der Waals surface area contributed by atoms with Crippen molar-refractivity contribution in [1.29, 1.82) is 0 Å². The molecule has 8 heteroatoms. The fourth-order valence-electron chi connectivity index (χ4n) is 3.57. The number of allylic oxidation sites excluding steroid dienone is 2. The number of nitrogens with zero attached hydrogens (tertiary/aromatic N) is 2. The van der Waals surface area contributed by atoms with Crippen LogP contribution in [-0.2, 0) is 35.1 Å². The maximum absolute atomic E-state index is 11.9. The summed E-state index contributed by atoms with van der Waals surface area (Å²) in [4.78, 5) is 10.0. The van der Waals surface area contributed by atoms with Crippen LogP contribution in [0.4, 0.5) is 0 Å². The molecule has 1 heterocycles. The second-order valence-corrected chi connectivity index (χ2v) is 8.15. The summed E-state index contributed by atoms with van der Waals surface area (Å²) in [5.74, 6) is -0.0625. The third-order valence-electron chi connectivity index (χ3n) is 4.60. The molecule has 5 rings (SSSR count). The molecule has 1 aliphatic rings. The Labute approximate surface area is 192 Å². The molecule has 159 valence electrons. The molecule has 4 aromatic rings. The van der Waals surface area contributed by atoms with E-state index in [0.717, 1.165) is 26.9 Å². The Morgan fingerprint density at radius 3 is 2.29 bits per heavy atom. The molecular formula is C23H17IrN2O4S-. The molecule has 1 radical (unpaired) electrons. The zero-order valence-corrected chi connectivity index (χ0v) is 19.8. The van der Waals surface area contributed by atoms with Crippen LogP contribution in [0, 0.1) is 6.07 Å². The van der Waals surface area contributed by atoms with E-state index < -0.39 is 10.2 Å². The van der Waals surface area contributed by atoms with E-state index in [1.165, 1.54) is 19.9 Å². The van der Waals surface area contributed by atoms with Crippen LogP contribution in [0.25, 0.3) is 32.3 Å². The van der Waals surface area contributed by atoms with Crippen LogP contribution in [0.2, 0.25) is 0 Å². The van der Waals surface area contributed by atoms with Gasteiger partial charge in [-0.05, 0) is 35.4 Å². The van der Waals surface area contributed by atoms with Crippen LogP contribution in [0.1, 0.15) is 13.8 Å². The normalized spacial score (nSPS) is 14.1. The molecule has 1 aliphatic heterocycles. The van der Waals surface area contributed by atoms with Gasteiger partial charge in [-0.2, -0.15) is 17.2 Å². The van der Waals surface area contributed by atoms with Gasteiger partial charge in [0.2, 0.25) is 0 Å². The van der Waals surface area contributed by atoms with Crippen LogP contribution in [0.5, 0.6) is 0 Å². The Morgan fingerprint density at radius 1 is 0.935 bits per heavy atom. The van der Waals surface area contributed by atoms with E-state index in [2.05, 4.69) is 14.9 Å². The van der Waals surface area contributed by atoms with Crippen LogP contribution in [0.15, 0.2) is 75.2 Å². The summed E-state index contributed by atoms with van der Waals surface area (Å²) < 4.78 is 31.5. The number of hydrogen-bond donors (Lipinski definition) is 1. The van der Waals surface area contributed by atoms with E-state index in [0.29, 0.717) is 16.1 Å². The van der Waals surface area contributed by atoms with Crippen molar-refractivity contribution < 1.29 is 38.4 Å². The minimum absolute atomic E-state index is 0. The predicted octanol–water partition coefficient (Wildman–Crippen LogP) is 3.48. The Morgan fingerprint density at radius 2 is 1.61 bits per heavy atom. The third-order valence-corrected chi connectivity index (χ3v) is 5.42. The first-order valence-electron chi connectivity index (χ1n) is 9.13. The van der Waals surface area contributed by atoms with Crippen molar-refractivity contribution >= 4 is 48.3 Å². The second-order valence-electron chi connectivity index (χ2n) is 6.89. The van der Waals surface area contributed by atoms with Gasteiger partial charge >= 0.3 is 10.2 Å². The topological polar surface area (TPSA) is 96.2 Å². The van der Waals surface area contributed by atoms with Crippen molar-refractivity contribution in [3.05, 3.63) is 83.2 Å². The summed E-state index contributed by atoms with van der Waals surface area (Å²) in [6.45, 7) is 2.85. The van der Waals surface area contributed by atoms with Crippen LogP contribution >= 0.6 is 0 Å². The molecule has 0 atom stereocenters. The molecule has 0 unspecified atom stereocenters. The minimum atomic E-state index is -3.81. The summed E-state index contributed by atoms with van der Waals surface area (Å²) in [6.07, 6.45) is 1.17. The largest absolute Gasteiger partial charge is 0.512 e. The van der Waals surface area contributed by atoms with Gasteiger partial charge in [-0.25, -0.2) is 0 Å². The van der Waals surface area contributed by atoms with Gasteiger partial charge in [0, 0.05) is 31.5 Å². The number of aliphatic hydroxyl groups excluding tert-OH is 1. The first kappa shape index (κ1) is 22.7. The molecule has 0 aliphatic carbocycles. The quantitative estimate of drug-likeness (QED) is 0.155. The van der Waals surface area contributed by atoms with Gasteiger partial charge < -0.3 is 5.11 Å². The molecular weight excluding hydrogens is 593 g/mol. The van der Waals surface area contributed by atoms with E-state index in [-0.39, 0.29) is 31.6 Å². The number of benzene rings is 4. The number of carbonyl (C=O) groups excluding carboxylic acids is 1. The fourth-order valence-corrected chi connectivity index (χ4v) is 4.44. The molecule has 4 aromatic carbocycles. The Kier molecular flexibility index (Phi) is 6.36. The van der Waals surface area contributed by atoms with Crippen molar-refractivity contribution in [1.82, 2.24) is 0 Å². The van der Waals surface area contributed by atoms with Gasteiger partial charge in [-0.1, -0.05) is 41.8 Å². The molecule has 0 bridgehead atoms. The van der Waals surface area contributed by atoms with E-state index in [1.54, 1.807) is 6.07 Å². The SMILES string of the molecule is CC(=O)/C=C(/C)O.O=S1(=O)N=c2c(c3ccc4ccccc4c3c3ccc[c-]c23)=N1.[Ir]. The summed E-state index contributed by atoms with van der Waals surface area (Å²) in [5.41, 5.74) is 0. The molecule has 1 N–H and O–H groups in total. The Hall–Kier alpha value is -2.93. The van der Waals surface area contributed by atoms with Gasteiger partial charge in [0.05, 0.1) is 11.1 Å². The van der Waals surface area contributed by atoms with E-state index in [4.69, 9.17) is 5.11 Å². The minimum Gasteiger partial charge on any atom is -0.512 e. The zero-order chi connectivity index (χ0) is 21.5. The van der Waals surface area contributed by atoms with Gasteiger partial charge in [0.25, 0.3) is 0 Å². The van der Waals surface area contributed by atoms with Crippen molar-refractivity contribution in [3.8, 4) is 0 Å². The summed E-state index contributed by atoms with van der Waals surface area (Å²) in [5, 5.41) is 14.8. The van der Waals surface area contributed by atoms with Crippen molar-refractivity contribution in [2.45, 2.75) is 13.8 Å². The van der Waals surface area contributed by atoms with Gasteiger partial charge in [-0.15, -0.1) is 29.7 Å². The fraction of sp³-hybridized carbons (Fsp3) is 0.0870. The van der Waals surface area contributed by atoms with Crippen molar-refractivity contribution in [2.75, 3.05) is 0 Å². The van der Waals surface area contributed by atoms with Gasteiger partial charge in [0.1, 0.15) is 0 Å². The molecule has 0 saturated carbocycles. The Balaban J connectivity index is 0.000000299. The first-order valence-corrected chi connectivity index (χ1v) is 10.5. The molecule has 6 nitrogen and oxygen atoms in total. The predicted molar refractivity (Wildman–Crippen MR) is 116 cm³/mol. The van der Waals surface area contributed by atoms with Crippen molar-refractivity contribution in [3.63, 3.8) is 0 Å². The number of ketones is 1. The number of aliphatic hydroxyl groups is 1. The maximum atomic E-state index is 11.9. The summed E-state index contributed by atoms with van der Waals surface area (Å²) in [6, 6.07) is 20.7. The first-order chi connectivity index (χ1) is 14.3. The number of hydrogen-bond acceptors (Lipinski definition) is 4. The maximum Gasteiger partial charge on any atom is 0.354 e. The van der Waals surface area contributed by atoms with Crippen LogP contribution < -0.4 is 10.7 Å². The molecule has 0 amide bonds. The molecule has 0 saturated heterocycles. The second kappa shape index (κ2) is 8.67. The number of fused-ring (bicyclic) bond motifs is 8. The molecule has 0 aromatic heterocycles.